The molecule has 0 saturated heterocycles. The third-order valence-corrected chi connectivity index (χ3v) is 3.74. The lowest BCUT2D eigenvalue weighted by Gasteiger charge is -2.20. The first-order chi connectivity index (χ1) is 12.9. The normalized spacial score (nSPS) is 12.0. The predicted molar refractivity (Wildman–Crippen MR) is 125 cm³/mol. The number of nitrogens with one attached hydrogen (secondary N) is 3. The van der Waals surface area contributed by atoms with E-state index in [9.17, 15) is 4.79 Å². The molecule has 0 heterocycles. The van der Waals surface area contributed by atoms with E-state index in [4.69, 9.17) is 9.47 Å². The van der Waals surface area contributed by atoms with Crippen molar-refractivity contribution in [2.75, 3.05) is 26.8 Å². The van der Waals surface area contributed by atoms with Crippen LogP contribution in [-0.2, 0) is 4.79 Å². The summed E-state index contributed by atoms with van der Waals surface area (Å²) in [4.78, 5) is 15.9. The summed E-state index contributed by atoms with van der Waals surface area (Å²) in [5.74, 6) is 2.15. The molecule has 7 nitrogen and oxygen atoms in total. The molecule has 0 spiro atoms. The number of hydrogen-bond acceptors (Lipinski definition) is 4. The summed E-state index contributed by atoms with van der Waals surface area (Å²) in [6, 6.07) is 6.07. The number of nitrogens with zero attached hydrogens (tertiary/aromatic N) is 1. The number of rotatable bonds is 10. The molecule has 0 bridgehead atoms. The molecular weight excluding hydrogens is 471 g/mol. The van der Waals surface area contributed by atoms with Crippen molar-refractivity contribution in [1.82, 2.24) is 16.0 Å². The lowest BCUT2D eigenvalue weighted by molar-refractivity contribution is -0.121. The number of benzene rings is 1. The fourth-order valence-electron chi connectivity index (χ4n) is 2.51. The zero-order chi connectivity index (χ0) is 20.2. The van der Waals surface area contributed by atoms with E-state index in [0.717, 1.165) is 17.1 Å². The largest absolute Gasteiger partial charge is 0.490 e. The van der Waals surface area contributed by atoms with Gasteiger partial charge in [-0.3, -0.25) is 9.79 Å². The van der Waals surface area contributed by atoms with Crippen LogP contribution < -0.4 is 25.4 Å². The zero-order valence-corrected chi connectivity index (χ0v) is 20.1. The summed E-state index contributed by atoms with van der Waals surface area (Å²) in [6.07, 6.45) is 0.394. The Labute approximate surface area is 186 Å². The van der Waals surface area contributed by atoms with Crippen LogP contribution in [0.4, 0.5) is 0 Å². The lowest BCUT2D eigenvalue weighted by atomic mass is 10.1. The summed E-state index contributed by atoms with van der Waals surface area (Å²) >= 11 is 0. The van der Waals surface area contributed by atoms with Crippen LogP contribution in [0.25, 0.3) is 0 Å². The van der Waals surface area contributed by atoms with Crippen LogP contribution in [0.15, 0.2) is 23.2 Å². The molecule has 28 heavy (non-hydrogen) atoms. The first kappa shape index (κ1) is 26.3. The van der Waals surface area contributed by atoms with Crippen molar-refractivity contribution in [2.45, 2.75) is 53.1 Å². The standard InChI is InChI=1S/C20H34N4O3.HI/c1-7-26-17-10-9-16(13-18(17)27-8-2)15(5)24-20(21-6)22-12-11-19(25)23-14(3)4;/h9-10,13-15H,7-8,11-12H2,1-6H3,(H,23,25)(H2,21,22,24);1H. The Hall–Kier alpha value is -1.71. The fourth-order valence-corrected chi connectivity index (χ4v) is 2.51. The zero-order valence-electron chi connectivity index (χ0n) is 17.8. The second kappa shape index (κ2) is 14.3. The van der Waals surface area contributed by atoms with Crippen LogP contribution in [-0.4, -0.2) is 44.7 Å². The first-order valence-electron chi connectivity index (χ1n) is 9.57. The van der Waals surface area contributed by atoms with E-state index in [2.05, 4.69) is 20.9 Å². The van der Waals surface area contributed by atoms with Crippen molar-refractivity contribution in [1.29, 1.82) is 0 Å². The Balaban J connectivity index is 0.00000729. The predicted octanol–water partition coefficient (Wildman–Crippen LogP) is 3.24. The van der Waals surface area contributed by atoms with E-state index in [-0.39, 0.29) is 42.0 Å². The summed E-state index contributed by atoms with van der Waals surface area (Å²) in [6.45, 7) is 11.5. The molecule has 8 heteroatoms. The van der Waals surface area contributed by atoms with Gasteiger partial charge in [0.1, 0.15) is 0 Å². The van der Waals surface area contributed by atoms with Gasteiger partial charge in [-0.1, -0.05) is 6.07 Å². The monoisotopic (exact) mass is 506 g/mol. The van der Waals surface area contributed by atoms with Gasteiger partial charge in [0.05, 0.1) is 19.3 Å². The van der Waals surface area contributed by atoms with E-state index < -0.39 is 0 Å². The fraction of sp³-hybridized carbons (Fsp3) is 0.600. The van der Waals surface area contributed by atoms with E-state index in [0.29, 0.717) is 32.1 Å². The van der Waals surface area contributed by atoms with E-state index in [1.165, 1.54) is 0 Å². The Kier molecular flexibility index (Phi) is 13.4. The van der Waals surface area contributed by atoms with E-state index in [1.807, 2.05) is 52.8 Å². The molecule has 1 aromatic carbocycles. The van der Waals surface area contributed by atoms with Crippen LogP contribution in [0.5, 0.6) is 11.5 Å². The lowest BCUT2D eigenvalue weighted by Crippen LogP contribution is -2.41. The number of carbonyl (C=O) groups is 1. The summed E-state index contributed by atoms with van der Waals surface area (Å²) in [5, 5.41) is 9.37. The van der Waals surface area contributed by atoms with Gasteiger partial charge in [0.2, 0.25) is 5.91 Å². The highest BCUT2D eigenvalue weighted by atomic mass is 127. The van der Waals surface area contributed by atoms with Gasteiger partial charge in [0, 0.05) is 26.1 Å². The molecule has 160 valence electrons. The minimum atomic E-state index is 0. The third-order valence-electron chi connectivity index (χ3n) is 3.74. The van der Waals surface area contributed by atoms with Gasteiger partial charge in [0.15, 0.2) is 17.5 Å². The number of guanidine groups is 1. The van der Waals surface area contributed by atoms with Crippen LogP contribution in [0.2, 0.25) is 0 Å². The van der Waals surface area contributed by atoms with Gasteiger partial charge >= 0.3 is 0 Å². The molecule has 0 aromatic heterocycles. The molecule has 0 aliphatic heterocycles. The highest BCUT2D eigenvalue weighted by molar-refractivity contribution is 14.0. The molecule has 0 aliphatic rings. The highest BCUT2D eigenvalue weighted by Crippen LogP contribution is 2.30. The smallest absolute Gasteiger partial charge is 0.221 e. The number of ether oxygens (including phenoxy) is 2. The van der Waals surface area contributed by atoms with Crippen molar-refractivity contribution >= 4 is 35.8 Å². The van der Waals surface area contributed by atoms with E-state index in [1.54, 1.807) is 7.05 Å². The summed E-state index contributed by atoms with van der Waals surface area (Å²) in [5.41, 5.74) is 1.06. The number of aliphatic imine (C=N–C) groups is 1. The van der Waals surface area contributed by atoms with Crippen molar-refractivity contribution < 1.29 is 14.3 Å². The van der Waals surface area contributed by atoms with Gasteiger partial charge in [-0.15, -0.1) is 24.0 Å². The maximum absolute atomic E-state index is 11.7. The molecule has 1 rings (SSSR count). The molecule has 1 aromatic rings. The summed E-state index contributed by atoms with van der Waals surface area (Å²) < 4.78 is 11.3. The molecule has 3 N–H and O–H groups in total. The molecule has 0 aliphatic carbocycles. The van der Waals surface area contributed by atoms with Gasteiger partial charge < -0.3 is 25.4 Å². The number of hydrogen-bond donors (Lipinski definition) is 3. The van der Waals surface area contributed by atoms with Crippen LogP contribution >= 0.6 is 24.0 Å². The molecule has 1 atom stereocenters. The molecular formula is C20H35IN4O3. The number of amides is 1. The van der Waals surface area contributed by atoms with Crippen molar-refractivity contribution in [3.8, 4) is 11.5 Å². The Morgan fingerprint density at radius 2 is 1.71 bits per heavy atom. The Morgan fingerprint density at radius 3 is 2.29 bits per heavy atom. The molecule has 0 radical (unpaired) electrons. The minimum absolute atomic E-state index is 0. The molecule has 1 amide bonds. The topological polar surface area (TPSA) is 84.0 Å². The Bertz CT molecular complexity index is 623. The van der Waals surface area contributed by atoms with Crippen molar-refractivity contribution in [2.24, 2.45) is 4.99 Å². The SMILES string of the molecule is CCOc1ccc(C(C)NC(=NC)NCCC(=O)NC(C)C)cc1OCC.I. The minimum Gasteiger partial charge on any atom is -0.490 e. The van der Waals surface area contributed by atoms with Crippen LogP contribution in [0, 0.1) is 0 Å². The second-order valence-electron chi connectivity index (χ2n) is 6.41. The van der Waals surface area contributed by atoms with Gasteiger partial charge in [0.25, 0.3) is 0 Å². The average molecular weight is 506 g/mol. The van der Waals surface area contributed by atoms with Gasteiger partial charge in [-0.25, -0.2) is 0 Å². The number of halogens is 1. The van der Waals surface area contributed by atoms with Crippen molar-refractivity contribution in [3.05, 3.63) is 23.8 Å². The van der Waals surface area contributed by atoms with Crippen molar-refractivity contribution in [3.63, 3.8) is 0 Å². The number of carbonyl (C=O) groups excluding carboxylic acids is 1. The average Bonchev–Trinajstić information content (AvgIpc) is 2.61. The molecule has 0 saturated carbocycles. The maximum Gasteiger partial charge on any atom is 0.221 e. The molecule has 1 unspecified atom stereocenters. The Morgan fingerprint density at radius 1 is 1.07 bits per heavy atom. The van der Waals surface area contributed by atoms with Crippen LogP contribution in [0.3, 0.4) is 0 Å². The third kappa shape index (κ3) is 9.48. The quantitative estimate of drug-likeness (QED) is 0.258. The second-order valence-corrected chi connectivity index (χ2v) is 6.41. The van der Waals surface area contributed by atoms with Gasteiger partial charge in [-0.2, -0.15) is 0 Å². The van der Waals surface area contributed by atoms with E-state index >= 15 is 0 Å². The molecule has 0 fully saturated rings. The summed E-state index contributed by atoms with van der Waals surface area (Å²) in [7, 11) is 1.71. The van der Waals surface area contributed by atoms with Gasteiger partial charge in [-0.05, 0) is 52.3 Å². The maximum atomic E-state index is 11.7. The first-order valence-corrected chi connectivity index (χ1v) is 9.57. The highest BCUT2D eigenvalue weighted by Gasteiger charge is 2.12. The van der Waals surface area contributed by atoms with Crippen LogP contribution in [0.1, 0.15) is 52.6 Å².